The van der Waals surface area contributed by atoms with Gasteiger partial charge < -0.3 is 9.64 Å². The van der Waals surface area contributed by atoms with E-state index >= 15 is 0 Å². The minimum Gasteiger partial charge on any atom is -0.478 e. The molecule has 0 atom stereocenters. The van der Waals surface area contributed by atoms with Gasteiger partial charge in [-0.1, -0.05) is 6.07 Å². The Kier molecular flexibility index (Phi) is 5.17. The van der Waals surface area contributed by atoms with Crippen LogP contribution in [0.5, 0.6) is 5.88 Å². The number of pyridine rings is 2. The molecule has 0 radical (unpaired) electrons. The number of nitrogens with zero attached hydrogens (tertiary/aromatic N) is 5. The fraction of sp³-hybridized carbons (Fsp3) is 0.391. The molecule has 0 unspecified atom stereocenters. The zero-order valence-electron chi connectivity index (χ0n) is 17.0. The molecule has 1 fully saturated rings. The number of aryl methyl sites for hydroxylation is 1. The quantitative estimate of drug-likeness (QED) is 0.566. The van der Waals surface area contributed by atoms with Crippen LogP contribution in [0.15, 0.2) is 42.7 Å². The Bertz CT molecular complexity index is 1050. The van der Waals surface area contributed by atoms with E-state index in [-0.39, 0.29) is 5.91 Å². The zero-order chi connectivity index (χ0) is 20.3. The maximum Gasteiger partial charge on any atom is 0.222 e. The minimum absolute atomic E-state index is 0.257. The van der Waals surface area contributed by atoms with E-state index in [9.17, 15) is 4.79 Å². The number of hydrogen-bond donors (Lipinski definition) is 0. The third-order valence-electron chi connectivity index (χ3n) is 5.77. The number of hydrogen-bond acceptors (Lipinski definition) is 5. The van der Waals surface area contributed by atoms with E-state index in [1.807, 2.05) is 35.2 Å². The van der Waals surface area contributed by atoms with Gasteiger partial charge in [-0.3, -0.25) is 14.5 Å². The summed E-state index contributed by atoms with van der Waals surface area (Å²) in [6.07, 6.45) is 8.17. The molecule has 2 aliphatic rings. The molecule has 0 bridgehead atoms. The van der Waals surface area contributed by atoms with Gasteiger partial charge in [0.05, 0.1) is 12.3 Å². The van der Waals surface area contributed by atoms with Crippen molar-refractivity contribution in [3.63, 3.8) is 0 Å². The lowest BCUT2D eigenvalue weighted by atomic mass is 10.0. The van der Waals surface area contributed by atoms with E-state index in [4.69, 9.17) is 9.84 Å². The van der Waals surface area contributed by atoms with Crippen LogP contribution in [-0.2, 0) is 17.8 Å². The van der Waals surface area contributed by atoms with Crippen molar-refractivity contribution in [1.29, 1.82) is 0 Å². The molecule has 0 spiro atoms. The highest BCUT2D eigenvalue weighted by Crippen LogP contribution is 2.37. The standard InChI is InChI=1S/C23H25N5O2/c29-21-8-4-12-27(21)13-5-15-30-20-16-17(9-11-25-20)22-19-7-3-14-28(19)26-23(22)18-6-1-2-10-24-18/h1-2,6,9-11,16H,3-5,7-8,12-15H2. The predicted octanol–water partition coefficient (Wildman–Crippen LogP) is 3.34. The molecule has 7 heteroatoms. The molecule has 5 rings (SSSR count). The summed E-state index contributed by atoms with van der Waals surface area (Å²) in [5.74, 6) is 0.859. The van der Waals surface area contributed by atoms with Crippen LogP contribution in [0, 0.1) is 0 Å². The maximum atomic E-state index is 11.7. The Morgan fingerprint density at radius 2 is 1.97 bits per heavy atom. The van der Waals surface area contributed by atoms with Crippen molar-refractivity contribution in [1.82, 2.24) is 24.6 Å². The van der Waals surface area contributed by atoms with Crippen LogP contribution < -0.4 is 4.74 Å². The second-order valence-electron chi connectivity index (χ2n) is 7.78. The Hall–Kier alpha value is -3.22. The van der Waals surface area contributed by atoms with Gasteiger partial charge in [-0.05, 0) is 49.4 Å². The molecule has 5 heterocycles. The highest BCUT2D eigenvalue weighted by atomic mass is 16.5. The molecule has 0 aliphatic carbocycles. The Morgan fingerprint density at radius 3 is 2.80 bits per heavy atom. The largest absolute Gasteiger partial charge is 0.478 e. The molecule has 3 aromatic rings. The van der Waals surface area contributed by atoms with Crippen molar-refractivity contribution in [2.45, 2.75) is 38.6 Å². The van der Waals surface area contributed by atoms with Gasteiger partial charge >= 0.3 is 0 Å². The third kappa shape index (κ3) is 3.67. The summed E-state index contributed by atoms with van der Waals surface area (Å²) in [7, 11) is 0. The molecule has 30 heavy (non-hydrogen) atoms. The highest BCUT2D eigenvalue weighted by molar-refractivity contribution is 5.82. The fourth-order valence-corrected chi connectivity index (χ4v) is 4.33. The second-order valence-corrected chi connectivity index (χ2v) is 7.78. The lowest BCUT2D eigenvalue weighted by molar-refractivity contribution is -0.127. The summed E-state index contributed by atoms with van der Waals surface area (Å²) in [4.78, 5) is 22.5. The molecule has 0 N–H and O–H groups in total. The fourth-order valence-electron chi connectivity index (χ4n) is 4.33. The topological polar surface area (TPSA) is 73.1 Å². The molecule has 154 valence electrons. The summed E-state index contributed by atoms with van der Waals surface area (Å²) < 4.78 is 8.02. The van der Waals surface area contributed by atoms with E-state index < -0.39 is 0 Å². The first-order valence-electron chi connectivity index (χ1n) is 10.7. The van der Waals surface area contributed by atoms with Crippen molar-refractivity contribution in [2.75, 3.05) is 19.7 Å². The molecule has 0 saturated carbocycles. The van der Waals surface area contributed by atoms with Crippen LogP contribution in [-0.4, -0.2) is 50.3 Å². The molecule has 1 amide bonds. The van der Waals surface area contributed by atoms with Crippen LogP contribution in [0.25, 0.3) is 22.5 Å². The van der Waals surface area contributed by atoms with Gasteiger partial charge in [0.15, 0.2) is 0 Å². The van der Waals surface area contributed by atoms with Crippen molar-refractivity contribution in [3.05, 3.63) is 48.4 Å². The Labute approximate surface area is 175 Å². The average Bonchev–Trinajstić information content (AvgIpc) is 3.48. The summed E-state index contributed by atoms with van der Waals surface area (Å²) in [6, 6.07) is 9.91. The molecule has 1 saturated heterocycles. The van der Waals surface area contributed by atoms with E-state index in [0.717, 1.165) is 67.8 Å². The lowest BCUT2D eigenvalue weighted by Gasteiger charge is -2.15. The van der Waals surface area contributed by atoms with Crippen molar-refractivity contribution in [3.8, 4) is 28.4 Å². The van der Waals surface area contributed by atoms with E-state index in [1.165, 1.54) is 5.69 Å². The third-order valence-corrected chi connectivity index (χ3v) is 5.77. The van der Waals surface area contributed by atoms with Gasteiger partial charge in [0.25, 0.3) is 0 Å². The predicted molar refractivity (Wildman–Crippen MR) is 113 cm³/mol. The first-order chi connectivity index (χ1) is 14.8. The molecule has 2 aliphatic heterocycles. The van der Waals surface area contributed by atoms with Crippen LogP contribution in [0.4, 0.5) is 0 Å². The summed E-state index contributed by atoms with van der Waals surface area (Å²) in [6.45, 7) is 3.10. The zero-order valence-corrected chi connectivity index (χ0v) is 17.0. The molecular weight excluding hydrogens is 378 g/mol. The number of carbonyl (C=O) groups is 1. The average molecular weight is 403 g/mol. The maximum absolute atomic E-state index is 11.7. The number of likely N-dealkylation sites (tertiary alicyclic amines) is 1. The lowest BCUT2D eigenvalue weighted by Crippen LogP contribution is -2.26. The van der Waals surface area contributed by atoms with Crippen molar-refractivity contribution in [2.24, 2.45) is 0 Å². The van der Waals surface area contributed by atoms with E-state index in [2.05, 4.69) is 14.6 Å². The van der Waals surface area contributed by atoms with E-state index in [1.54, 1.807) is 12.4 Å². The van der Waals surface area contributed by atoms with Gasteiger partial charge in [0.2, 0.25) is 11.8 Å². The monoisotopic (exact) mass is 403 g/mol. The Balaban J connectivity index is 1.35. The summed E-state index contributed by atoms with van der Waals surface area (Å²) in [5.41, 5.74) is 5.22. The number of rotatable bonds is 7. The number of aromatic nitrogens is 4. The summed E-state index contributed by atoms with van der Waals surface area (Å²) >= 11 is 0. The first-order valence-corrected chi connectivity index (χ1v) is 10.7. The molecule has 7 nitrogen and oxygen atoms in total. The van der Waals surface area contributed by atoms with Crippen LogP contribution >= 0.6 is 0 Å². The number of carbonyl (C=O) groups excluding carboxylic acids is 1. The number of fused-ring (bicyclic) bond motifs is 1. The summed E-state index contributed by atoms with van der Waals surface area (Å²) in [5, 5.41) is 4.85. The second kappa shape index (κ2) is 8.26. The highest BCUT2D eigenvalue weighted by Gasteiger charge is 2.24. The van der Waals surface area contributed by atoms with Crippen molar-refractivity contribution < 1.29 is 9.53 Å². The normalized spacial score (nSPS) is 15.6. The first kappa shape index (κ1) is 18.8. The van der Waals surface area contributed by atoms with Gasteiger partial charge in [0, 0.05) is 55.8 Å². The van der Waals surface area contributed by atoms with Gasteiger partial charge in [-0.15, -0.1) is 0 Å². The molecular formula is C23H25N5O2. The molecule has 3 aromatic heterocycles. The van der Waals surface area contributed by atoms with Gasteiger partial charge in [-0.2, -0.15) is 5.10 Å². The van der Waals surface area contributed by atoms with E-state index in [0.29, 0.717) is 18.9 Å². The van der Waals surface area contributed by atoms with Crippen molar-refractivity contribution >= 4 is 5.91 Å². The number of amides is 1. The van der Waals surface area contributed by atoms with Gasteiger partial charge in [-0.25, -0.2) is 4.98 Å². The van der Waals surface area contributed by atoms with Crippen LogP contribution in [0.3, 0.4) is 0 Å². The smallest absolute Gasteiger partial charge is 0.222 e. The van der Waals surface area contributed by atoms with Gasteiger partial charge in [0.1, 0.15) is 5.69 Å². The van der Waals surface area contributed by atoms with Crippen LogP contribution in [0.1, 0.15) is 31.4 Å². The SMILES string of the molecule is O=C1CCCN1CCCOc1cc(-c2c(-c3ccccn3)nn3c2CCC3)ccn1. The van der Waals surface area contributed by atoms with Crippen LogP contribution in [0.2, 0.25) is 0 Å². The Morgan fingerprint density at radius 1 is 1.03 bits per heavy atom. The molecule has 0 aromatic carbocycles. The minimum atomic E-state index is 0.257. The number of ether oxygens (including phenoxy) is 1.